The molecular formula is C16H21FN2O2. The lowest BCUT2D eigenvalue weighted by molar-refractivity contribution is -0.128. The van der Waals surface area contributed by atoms with E-state index in [9.17, 15) is 9.18 Å². The van der Waals surface area contributed by atoms with Crippen LogP contribution in [0.1, 0.15) is 24.5 Å². The van der Waals surface area contributed by atoms with E-state index in [0.29, 0.717) is 13.0 Å². The number of rotatable bonds is 4. The third-order valence-corrected chi connectivity index (χ3v) is 4.25. The fourth-order valence-corrected chi connectivity index (χ4v) is 2.99. The van der Waals surface area contributed by atoms with Crippen molar-refractivity contribution >= 4 is 5.91 Å². The molecular weight excluding hydrogens is 271 g/mol. The summed E-state index contributed by atoms with van der Waals surface area (Å²) >= 11 is 0. The summed E-state index contributed by atoms with van der Waals surface area (Å²) in [4.78, 5) is 15.9. The minimum absolute atomic E-state index is 0.00590. The predicted octanol–water partition coefficient (Wildman–Crippen LogP) is 1.82. The molecule has 1 aromatic rings. The topological polar surface area (TPSA) is 32.8 Å². The summed E-state index contributed by atoms with van der Waals surface area (Å²) in [6.45, 7) is 4.94. The number of benzene rings is 1. The fraction of sp³-hybridized carbons (Fsp3) is 0.562. The van der Waals surface area contributed by atoms with Crippen molar-refractivity contribution in [1.29, 1.82) is 0 Å². The van der Waals surface area contributed by atoms with Crippen molar-refractivity contribution in [1.82, 2.24) is 9.80 Å². The molecule has 1 amide bonds. The molecule has 2 aliphatic heterocycles. The monoisotopic (exact) mass is 292 g/mol. The van der Waals surface area contributed by atoms with Gasteiger partial charge in [0.1, 0.15) is 5.82 Å². The molecule has 0 spiro atoms. The SMILES string of the molecule is O=C1CCCN1CCN1CCOC(c2ccc(F)cc2)C1. The predicted molar refractivity (Wildman–Crippen MR) is 77.3 cm³/mol. The highest BCUT2D eigenvalue weighted by Crippen LogP contribution is 2.22. The maximum Gasteiger partial charge on any atom is 0.222 e. The van der Waals surface area contributed by atoms with Gasteiger partial charge >= 0.3 is 0 Å². The zero-order valence-corrected chi connectivity index (χ0v) is 12.1. The average Bonchev–Trinajstić information content (AvgIpc) is 2.91. The van der Waals surface area contributed by atoms with Gasteiger partial charge in [0.2, 0.25) is 5.91 Å². The standard InChI is InChI=1S/C16H21FN2O2/c17-14-5-3-13(4-6-14)15-12-18(10-11-21-15)8-9-19-7-1-2-16(19)20/h3-6,15H,1-2,7-12H2. The molecule has 114 valence electrons. The van der Waals surface area contributed by atoms with Gasteiger partial charge in [-0.2, -0.15) is 0 Å². The molecule has 0 N–H and O–H groups in total. The quantitative estimate of drug-likeness (QED) is 0.848. The highest BCUT2D eigenvalue weighted by atomic mass is 19.1. The third kappa shape index (κ3) is 3.60. The Balaban J connectivity index is 1.53. The molecule has 21 heavy (non-hydrogen) atoms. The molecule has 1 aromatic carbocycles. The maximum atomic E-state index is 13.0. The molecule has 4 nitrogen and oxygen atoms in total. The Kier molecular flexibility index (Phi) is 4.51. The van der Waals surface area contributed by atoms with E-state index in [1.807, 2.05) is 4.90 Å². The van der Waals surface area contributed by atoms with Crippen LogP contribution in [0.5, 0.6) is 0 Å². The van der Waals surface area contributed by atoms with Gasteiger partial charge in [-0.15, -0.1) is 0 Å². The van der Waals surface area contributed by atoms with Gasteiger partial charge in [-0.3, -0.25) is 9.69 Å². The lowest BCUT2D eigenvalue weighted by Crippen LogP contribution is -2.42. The summed E-state index contributed by atoms with van der Waals surface area (Å²) in [6, 6.07) is 6.52. The molecule has 0 aliphatic carbocycles. The van der Waals surface area contributed by atoms with E-state index in [1.54, 1.807) is 12.1 Å². The zero-order valence-electron chi connectivity index (χ0n) is 12.1. The summed E-state index contributed by atoms with van der Waals surface area (Å²) < 4.78 is 18.8. The summed E-state index contributed by atoms with van der Waals surface area (Å²) in [5.41, 5.74) is 1.01. The molecule has 0 saturated carbocycles. The van der Waals surface area contributed by atoms with Crippen LogP contribution in [0.15, 0.2) is 24.3 Å². The van der Waals surface area contributed by atoms with Crippen molar-refractivity contribution in [2.24, 2.45) is 0 Å². The number of amides is 1. The smallest absolute Gasteiger partial charge is 0.222 e. The second kappa shape index (κ2) is 6.54. The van der Waals surface area contributed by atoms with E-state index in [-0.39, 0.29) is 17.8 Å². The van der Waals surface area contributed by atoms with E-state index in [2.05, 4.69) is 4.90 Å². The summed E-state index contributed by atoms with van der Waals surface area (Å²) in [5.74, 6) is 0.0531. The van der Waals surface area contributed by atoms with Gasteiger partial charge in [-0.25, -0.2) is 4.39 Å². The molecule has 1 unspecified atom stereocenters. The van der Waals surface area contributed by atoms with Gasteiger partial charge in [0.15, 0.2) is 0 Å². The van der Waals surface area contributed by atoms with Crippen LogP contribution in [-0.4, -0.2) is 55.0 Å². The normalized spacial score (nSPS) is 23.8. The largest absolute Gasteiger partial charge is 0.371 e. The van der Waals surface area contributed by atoms with Crippen molar-refractivity contribution in [2.75, 3.05) is 39.3 Å². The van der Waals surface area contributed by atoms with Crippen molar-refractivity contribution in [3.8, 4) is 0 Å². The van der Waals surface area contributed by atoms with Gasteiger partial charge < -0.3 is 9.64 Å². The minimum Gasteiger partial charge on any atom is -0.371 e. The van der Waals surface area contributed by atoms with Gasteiger partial charge in [0.05, 0.1) is 12.7 Å². The van der Waals surface area contributed by atoms with Crippen LogP contribution in [0.3, 0.4) is 0 Å². The molecule has 0 bridgehead atoms. The van der Waals surface area contributed by atoms with Crippen molar-refractivity contribution in [3.63, 3.8) is 0 Å². The number of carbonyl (C=O) groups is 1. The first-order valence-electron chi connectivity index (χ1n) is 7.59. The number of likely N-dealkylation sites (tertiary alicyclic amines) is 1. The van der Waals surface area contributed by atoms with E-state index in [1.165, 1.54) is 12.1 Å². The number of ether oxygens (including phenoxy) is 1. The van der Waals surface area contributed by atoms with Gasteiger partial charge in [0, 0.05) is 39.1 Å². The fourth-order valence-electron chi connectivity index (χ4n) is 2.99. The number of morpholine rings is 1. The lowest BCUT2D eigenvalue weighted by atomic mass is 10.1. The van der Waals surface area contributed by atoms with Crippen LogP contribution in [0.25, 0.3) is 0 Å². The number of hydrogen-bond donors (Lipinski definition) is 0. The Bertz CT molecular complexity index is 492. The summed E-state index contributed by atoms with van der Waals surface area (Å²) in [5, 5.41) is 0. The van der Waals surface area contributed by atoms with E-state index < -0.39 is 0 Å². The minimum atomic E-state index is -0.223. The third-order valence-electron chi connectivity index (χ3n) is 4.25. The first-order chi connectivity index (χ1) is 10.2. The molecule has 2 fully saturated rings. The highest BCUT2D eigenvalue weighted by Gasteiger charge is 2.24. The summed E-state index contributed by atoms with van der Waals surface area (Å²) in [7, 11) is 0. The second-order valence-electron chi connectivity index (χ2n) is 5.70. The zero-order chi connectivity index (χ0) is 14.7. The van der Waals surface area contributed by atoms with Crippen LogP contribution in [0.2, 0.25) is 0 Å². The Labute approximate surface area is 124 Å². The van der Waals surface area contributed by atoms with Crippen LogP contribution in [-0.2, 0) is 9.53 Å². The second-order valence-corrected chi connectivity index (χ2v) is 5.70. The Hall–Kier alpha value is -1.46. The van der Waals surface area contributed by atoms with E-state index in [0.717, 1.165) is 44.7 Å². The Morgan fingerprint density at radius 3 is 2.71 bits per heavy atom. The Morgan fingerprint density at radius 2 is 2.00 bits per heavy atom. The molecule has 0 radical (unpaired) electrons. The van der Waals surface area contributed by atoms with Crippen LogP contribution >= 0.6 is 0 Å². The molecule has 2 aliphatic rings. The van der Waals surface area contributed by atoms with Crippen molar-refractivity contribution in [3.05, 3.63) is 35.6 Å². The molecule has 1 atom stereocenters. The molecule has 2 heterocycles. The van der Waals surface area contributed by atoms with E-state index >= 15 is 0 Å². The van der Waals surface area contributed by atoms with Crippen LogP contribution in [0, 0.1) is 5.82 Å². The van der Waals surface area contributed by atoms with Gasteiger partial charge in [-0.05, 0) is 24.1 Å². The van der Waals surface area contributed by atoms with Crippen molar-refractivity contribution < 1.29 is 13.9 Å². The van der Waals surface area contributed by atoms with E-state index in [4.69, 9.17) is 4.74 Å². The number of hydrogen-bond acceptors (Lipinski definition) is 3. The molecule has 0 aromatic heterocycles. The van der Waals surface area contributed by atoms with Crippen molar-refractivity contribution in [2.45, 2.75) is 18.9 Å². The number of carbonyl (C=O) groups excluding carboxylic acids is 1. The molecule has 3 rings (SSSR count). The number of halogens is 1. The van der Waals surface area contributed by atoms with Gasteiger partial charge in [0.25, 0.3) is 0 Å². The number of nitrogens with zero attached hydrogens (tertiary/aromatic N) is 2. The van der Waals surface area contributed by atoms with Crippen LogP contribution < -0.4 is 0 Å². The first-order valence-corrected chi connectivity index (χ1v) is 7.59. The maximum absolute atomic E-state index is 13.0. The highest BCUT2D eigenvalue weighted by molar-refractivity contribution is 5.78. The Morgan fingerprint density at radius 1 is 1.19 bits per heavy atom. The summed E-state index contributed by atoms with van der Waals surface area (Å²) in [6.07, 6.45) is 1.68. The van der Waals surface area contributed by atoms with Gasteiger partial charge in [-0.1, -0.05) is 12.1 Å². The first kappa shape index (κ1) is 14.5. The molecule has 5 heteroatoms. The average molecular weight is 292 g/mol. The van der Waals surface area contributed by atoms with Crippen LogP contribution in [0.4, 0.5) is 4.39 Å². The molecule has 2 saturated heterocycles. The lowest BCUT2D eigenvalue weighted by Gasteiger charge is -2.34.